The van der Waals surface area contributed by atoms with Gasteiger partial charge in [0.1, 0.15) is 5.76 Å². The molecule has 0 amide bonds. The summed E-state index contributed by atoms with van der Waals surface area (Å²) in [6, 6.07) is 9.54. The molecule has 0 heterocycles. The van der Waals surface area contributed by atoms with Gasteiger partial charge in [0, 0.05) is 19.1 Å². The molecule has 0 aliphatic heterocycles. The second kappa shape index (κ2) is 7.18. The summed E-state index contributed by atoms with van der Waals surface area (Å²) in [6.45, 7) is 1.86. The van der Waals surface area contributed by atoms with E-state index in [0.717, 1.165) is 5.56 Å². The van der Waals surface area contributed by atoms with Gasteiger partial charge in [-0.2, -0.15) is 0 Å². The van der Waals surface area contributed by atoms with E-state index in [2.05, 4.69) is 4.99 Å². The van der Waals surface area contributed by atoms with E-state index in [0.29, 0.717) is 19.3 Å². The number of aliphatic hydroxyl groups excluding tert-OH is 2. The van der Waals surface area contributed by atoms with Crippen LogP contribution in [0.25, 0.3) is 0 Å². The molecule has 2 N–H and O–H groups in total. The molecule has 1 aliphatic rings. The lowest BCUT2D eigenvalue weighted by Crippen LogP contribution is -2.20. The van der Waals surface area contributed by atoms with Crippen molar-refractivity contribution in [3.63, 3.8) is 0 Å². The van der Waals surface area contributed by atoms with Crippen LogP contribution < -0.4 is 0 Å². The van der Waals surface area contributed by atoms with Gasteiger partial charge in [0.25, 0.3) is 0 Å². The van der Waals surface area contributed by atoms with Gasteiger partial charge < -0.3 is 10.2 Å². The maximum atomic E-state index is 12.2. The molecule has 1 aliphatic carbocycles. The average molecular weight is 287 g/mol. The van der Waals surface area contributed by atoms with E-state index in [1.165, 1.54) is 6.21 Å². The molecule has 112 valence electrons. The summed E-state index contributed by atoms with van der Waals surface area (Å²) in [5, 5.41) is 19.2. The number of benzene rings is 1. The summed E-state index contributed by atoms with van der Waals surface area (Å²) in [5.41, 5.74) is 1.35. The van der Waals surface area contributed by atoms with Gasteiger partial charge in [-0.25, -0.2) is 0 Å². The van der Waals surface area contributed by atoms with Crippen LogP contribution >= 0.6 is 0 Å². The van der Waals surface area contributed by atoms with E-state index in [1.54, 1.807) is 0 Å². The highest BCUT2D eigenvalue weighted by molar-refractivity contribution is 6.14. The minimum atomic E-state index is -0.218. The molecule has 0 aromatic heterocycles. The van der Waals surface area contributed by atoms with E-state index < -0.39 is 0 Å². The number of carbonyl (C=O) groups excluding carboxylic acids is 1. The SMILES string of the molecule is CCC(CO)N=CC1=C(O)CC(c2ccccc2)CC1=O. The highest BCUT2D eigenvalue weighted by atomic mass is 16.3. The number of allylic oxidation sites excluding steroid dienone is 2. The Morgan fingerprint density at radius 3 is 2.62 bits per heavy atom. The largest absolute Gasteiger partial charge is 0.511 e. The lowest BCUT2D eigenvalue weighted by atomic mass is 9.83. The van der Waals surface area contributed by atoms with E-state index in [9.17, 15) is 9.90 Å². The Bertz CT molecular complexity index is 544. The smallest absolute Gasteiger partial charge is 0.168 e. The molecule has 1 aromatic carbocycles. The van der Waals surface area contributed by atoms with Crippen molar-refractivity contribution < 1.29 is 15.0 Å². The van der Waals surface area contributed by atoms with E-state index in [4.69, 9.17) is 5.11 Å². The van der Waals surface area contributed by atoms with Crippen molar-refractivity contribution in [1.29, 1.82) is 0 Å². The molecule has 0 saturated carbocycles. The Kier molecular flexibility index (Phi) is 5.28. The molecule has 2 atom stereocenters. The Labute approximate surface area is 124 Å². The highest BCUT2D eigenvalue weighted by Gasteiger charge is 2.27. The molecule has 4 nitrogen and oxygen atoms in total. The van der Waals surface area contributed by atoms with Gasteiger partial charge >= 0.3 is 0 Å². The van der Waals surface area contributed by atoms with Gasteiger partial charge in [-0.05, 0) is 17.9 Å². The molecule has 2 unspecified atom stereocenters. The number of rotatable bonds is 5. The third kappa shape index (κ3) is 3.79. The summed E-state index contributed by atoms with van der Waals surface area (Å²) in [6.07, 6.45) is 2.95. The van der Waals surface area contributed by atoms with E-state index in [1.807, 2.05) is 37.3 Å². The fourth-order valence-corrected chi connectivity index (χ4v) is 2.48. The van der Waals surface area contributed by atoms with Crippen LogP contribution in [0.5, 0.6) is 0 Å². The van der Waals surface area contributed by atoms with Crippen molar-refractivity contribution in [2.75, 3.05) is 6.61 Å². The van der Waals surface area contributed by atoms with Gasteiger partial charge in [0.05, 0.1) is 18.2 Å². The van der Waals surface area contributed by atoms with Crippen molar-refractivity contribution in [3.05, 3.63) is 47.2 Å². The number of aliphatic hydroxyl groups is 2. The van der Waals surface area contributed by atoms with Crippen molar-refractivity contribution in [2.24, 2.45) is 4.99 Å². The van der Waals surface area contributed by atoms with Crippen molar-refractivity contribution in [2.45, 2.75) is 38.1 Å². The standard InChI is InChI=1S/C17H21NO3/c1-2-14(11-19)18-10-15-16(20)8-13(9-17(15)21)12-6-4-3-5-7-12/h3-7,10,13-14,19-20H,2,8-9,11H2,1H3. The van der Waals surface area contributed by atoms with E-state index >= 15 is 0 Å². The molecule has 2 rings (SSSR count). The number of hydrogen-bond acceptors (Lipinski definition) is 4. The zero-order valence-electron chi connectivity index (χ0n) is 12.2. The van der Waals surface area contributed by atoms with Crippen LogP contribution in [0.3, 0.4) is 0 Å². The molecule has 0 fully saturated rings. The first-order valence-corrected chi connectivity index (χ1v) is 7.30. The van der Waals surface area contributed by atoms with Gasteiger partial charge in [-0.15, -0.1) is 0 Å². The molecular weight excluding hydrogens is 266 g/mol. The van der Waals surface area contributed by atoms with Crippen LogP contribution in [-0.2, 0) is 4.79 Å². The lowest BCUT2D eigenvalue weighted by molar-refractivity contribution is -0.116. The minimum absolute atomic E-state index is 0.0238. The maximum absolute atomic E-state index is 12.2. The van der Waals surface area contributed by atoms with Crippen LogP contribution in [0.1, 0.15) is 37.7 Å². The fraction of sp³-hybridized carbons (Fsp3) is 0.412. The fourth-order valence-electron chi connectivity index (χ4n) is 2.48. The quantitative estimate of drug-likeness (QED) is 0.818. The van der Waals surface area contributed by atoms with Gasteiger partial charge in [-0.3, -0.25) is 9.79 Å². The number of aliphatic imine (C=N–C) groups is 1. The molecular formula is C17H21NO3. The monoisotopic (exact) mass is 287 g/mol. The predicted octanol–water partition coefficient (Wildman–Crippen LogP) is 2.79. The van der Waals surface area contributed by atoms with Crippen LogP contribution in [0.2, 0.25) is 0 Å². The molecule has 1 aromatic rings. The molecule has 4 heteroatoms. The lowest BCUT2D eigenvalue weighted by Gasteiger charge is -2.22. The second-order valence-electron chi connectivity index (χ2n) is 5.32. The maximum Gasteiger partial charge on any atom is 0.168 e. The van der Waals surface area contributed by atoms with Gasteiger partial charge in [0.15, 0.2) is 5.78 Å². The number of Topliss-reactive ketones (excluding diaryl/α,β-unsaturated/α-hetero) is 1. The normalized spacial score (nSPS) is 21.0. The number of hydrogen-bond donors (Lipinski definition) is 2. The Hall–Kier alpha value is -1.94. The van der Waals surface area contributed by atoms with Gasteiger partial charge in [-0.1, -0.05) is 37.3 Å². The minimum Gasteiger partial charge on any atom is -0.511 e. The van der Waals surface area contributed by atoms with Crippen LogP contribution in [-0.4, -0.2) is 34.9 Å². The summed E-state index contributed by atoms with van der Waals surface area (Å²) >= 11 is 0. The van der Waals surface area contributed by atoms with Crippen molar-refractivity contribution in [1.82, 2.24) is 0 Å². The van der Waals surface area contributed by atoms with Crippen molar-refractivity contribution >= 4 is 12.0 Å². The first-order valence-electron chi connectivity index (χ1n) is 7.30. The first kappa shape index (κ1) is 15.4. The number of nitrogens with zero attached hydrogens (tertiary/aromatic N) is 1. The summed E-state index contributed by atoms with van der Waals surface area (Å²) in [4.78, 5) is 16.4. The summed E-state index contributed by atoms with van der Waals surface area (Å²) < 4.78 is 0. The van der Waals surface area contributed by atoms with Crippen molar-refractivity contribution in [3.8, 4) is 0 Å². The Morgan fingerprint density at radius 1 is 1.33 bits per heavy atom. The zero-order valence-corrected chi connectivity index (χ0v) is 12.2. The molecule has 0 spiro atoms. The topological polar surface area (TPSA) is 69.9 Å². The molecule has 21 heavy (non-hydrogen) atoms. The van der Waals surface area contributed by atoms with Crippen LogP contribution in [0, 0.1) is 0 Å². The third-order valence-electron chi connectivity index (χ3n) is 3.85. The number of carbonyl (C=O) groups is 1. The predicted molar refractivity (Wildman–Crippen MR) is 82.7 cm³/mol. The zero-order chi connectivity index (χ0) is 15.2. The number of ketones is 1. The Morgan fingerprint density at radius 2 is 2.05 bits per heavy atom. The van der Waals surface area contributed by atoms with Crippen LogP contribution in [0.4, 0.5) is 0 Å². The molecule has 0 bridgehead atoms. The Balaban J connectivity index is 2.16. The average Bonchev–Trinajstić information content (AvgIpc) is 2.51. The molecule has 0 radical (unpaired) electrons. The van der Waals surface area contributed by atoms with E-state index in [-0.39, 0.29) is 35.7 Å². The van der Waals surface area contributed by atoms with Crippen LogP contribution in [0.15, 0.2) is 46.7 Å². The summed E-state index contributed by atoms with van der Waals surface area (Å²) in [5.74, 6) is 0.0245. The van der Waals surface area contributed by atoms with Gasteiger partial charge in [0.2, 0.25) is 0 Å². The second-order valence-corrected chi connectivity index (χ2v) is 5.32. The first-order chi connectivity index (χ1) is 10.2. The third-order valence-corrected chi connectivity index (χ3v) is 3.85. The summed E-state index contributed by atoms with van der Waals surface area (Å²) in [7, 11) is 0. The molecule has 0 saturated heterocycles. The highest BCUT2D eigenvalue weighted by Crippen LogP contribution is 2.32.